The van der Waals surface area contributed by atoms with Crippen LogP contribution >= 0.6 is 0 Å². The van der Waals surface area contributed by atoms with Crippen LogP contribution in [-0.4, -0.2) is 29.6 Å². The molecule has 120 valence electrons. The van der Waals surface area contributed by atoms with Gasteiger partial charge in [0.1, 0.15) is 11.6 Å². The lowest BCUT2D eigenvalue weighted by Gasteiger charge is -2.45. The first-order valence-electron chi connectivity index (χ1n) is 7.57. The van der Waals surface area contributed by atoms with Gasteiger partial charge in [-0.25, -0.2) is 8.78 Å². The van der Waals surface area contributed by atoms with Gasteiger partial charge in [0.05, 0.1) is 0 Å². The molecule has 3 nitrogen and oxygen atoms in total. The summed E-state index contributed by atoms with van der Waals surface area (Å²) < 4.78 is 26.9. The van der Waals surface area contributed by atoms with Crippen LogP contribution in [0, 0.1) is 11.6 Å². The quantitative estimate of drug-likeness (QED) is 0.573. The topological polar surface area (TPSA) is 41.3 Å². The third-order valence-corrected chi connectivity index (χ3v) is 4.59. The van der Waals surface area contributed by atoms with Crippen LogP contribution in [0.1, 0.15) is 39.7 Å². The second-order valence-corrected chi connectivity index (χ2v) is 5.54. The van der Waals surface area contributed by atoms with Crippen molar-refractivity contribution in [2.24, 2.45) is 5.84 Å². The lowest BCUT2D eigenvalue weighted by Crippen LogP contribution is -2.61. The van der Waals surface area contributed by atoms with Crippen LogP contribution in [0.15, 0.2) is 18.2 Å². The molecule has 0 saturated carbocycles. The molecule has 0 spiro atoms. The zero-order valence-corrected chi connectivity index (χ0v) is 13.4. The third kappa shape index (κ3) is 3.99. The Morgan fingerprint density at radius 2 is 1.86 bits per heavy atom. The van der Waals surface area contributed by atoms with Gasteiger partial charge in [0.25, 0.3) is 0 Å². The zero-order chi connectivity index (χ0) is 16.0. The van der Waals surface area contributed by atoms with E-state index in [0.29, 0.717) is 12.0 Å². The Kier molecular flexibility index (Phi) is 6.71. The fraction of sp³-hybridized carbons (Fsp3) is 0.625. The van der Waals surface area contributed by atoms with Crippen molar-refractivity contribution in [2.75, 3.05) is 13.1 Å². The van der Waals surface area contributed by atoms with E-state index in [4.69, 9.17) is 5.84 Å². The molecular formula is C16H27F2N3. The van der Waals surface area contributed by atoms with E-state index >= 15 is 0 Å². The standard InChI is InChI=1S/C16H27F2N3/c1-5-16(4,21(6-2)7-3)15(20-19)10-12-8-9-13(17)11-14(12)18/h8-9,11,15,20H,5-7,10,19H2,1-4H3. The maximum atomic E-state index is 13.9. The summed E-state index contributed by atoms with van der Waals surface area (Å²) in [4.78, 5) is 2.32. The molecule has 1 rings (SSSR count). The SMILES string of the molecule is CCN(CC)C(C)(CC)C(Cc1ccc(F)cc1F)NN. The second-order valence-electron chi connectivity index (χ2n) is 5.54. The highest BCUT2D eigenvalue weighted by Gasteiger charge is 2.36. The molecule has 0 bridgehead atoms. The van der Waals surface area contributed by atoms with Crippen LogP contribution in [0.3, 0.4) is 0 Å². The molecule has 0 radical (unpaired) electrons. The monoisotopic (exact) mass is 299 g/mol. The molecule has 0 aliphatic rings. The van der Waals surface area contributed by atoms with Crippen molar-refractivity contribution in [1.29, 1.82) is 0 Å². The lowest BCUT2D eigenvalue weighted by molar-refractivity contribution is 0.0698. The van der Waals surface area contributed by atoms with Crippen molar-refractivity contribution in [3.63, 3.8) is 0 Å². The van der Waals surface area contributed by atoms with Crippen LogP contribution in [0.25, 0.3) is 0 Å². The Labute approximate surface area is 126 Å². The molecule has 1 aromatic rings. The van der Waals surface area contributed by atoms with E-state index in [2.05, 4.69) is 38.0 Å². The maximum Gasteiger partial charge on any atom is 0.129 e. The van der Waals surface area contributed by atoms with E-state index in [9.17, 15) is 8.78 Å². The van der Waals surface area contributed by atoms with Crippen molar-refractivity contribution in [1.82, 2.24) is 10.3 Å². The van der Waals surface area contributed by atoms with Crippen molar-refractivity contribution in [3.05, 3.63) is 35.4 Å². The third-order valence-electron chi connectivity index (χ3n) is 4.59. The van der Waals surface area contributed by atoms with Crippen LogP contribution < -0.4 is 11.3 Å². The maximum absolute atomic E-state index is 13.9. The number of halogens is 2. The molecule has 0 aliphatic heterocycles. The molecule has 0 aromatic heterocycles. The van der Waals surface area contributed by atoms with Gasteiger partial charge in [0.15, 0.2) is 0 Å². The lowest BCUT2D eigenvalue weighted by atomic mass is 9.83. The number of benzene rings is 1. The van der Waals surface area contributed by atoms with Crippen LogP contribution in [-0.2, 0) is 6.42 Å². The zero-order valence-electron chi connectivity index (χ0n) is 13.4. The van der Waals surface area contributed by atoms with Crippen LogP contribution in [0.5, 0.6) is 0 Å². The van der Waals surface area contributed by atoms with E-state index < -0.39 is 11.6 Å². The molecule has 5 heteroatoms. The summed E-state index contributed by atoms with van der Waals surface area (Å²) in [5.41, 5.74) is 3.11. The number of rotatable bonds is 8. The minimum atomic E-state index is -0.560. The van der Waals surface area contributed by atoms with E-state index in [1.54, 1.807) is 0 Å². The van der Waals surface area contributed by atoms with Gasteiger partial charge in [0, 0.05) is 17.6 Å². The predicted molar refractivity (Wildman–Crippen MR) is 82.8 cm³/mol. The molecule has 0 amide bonds. The van der Waals surface area contributed by atoms with Crippen molar-refractivity contribution in [2.45, 2.75) is 52.1 Å². The number of hydrazine groups is 1. The summed E-state index contributed by atoms with van der Waals surface area (Å²) in [6, 6.07) is 3.58. The second kappa shape index (κ2) is 7.82. The van der Waals surface area contributed by atoms with Crippen molar-refractivity contribution >= 4 is 0 Å². The minimum Gasteiger partial charge on any atom is -0.297 e. The van der Waals surface area contributed by atoms with Crippen molar-refractivity contribution < 1.29 is 8.78 Å². The molecule has 0 heterocycles. The normalized spacial score (nSPS) is 16.0. The summed E-state index contributed by atoms with van der Waals surface area (Å²) in [5.74, 6) is 4.66. The van der Waals surface area contributed by atoms with Gasteiger partial charge in [-0.05, 0) is 44.5 Å². The highest BCUT2D eigenvalue weighted by atomic mass is 19.1. The fourth-order valence-electron chi connectivity index (χ4n) is 3.00. The van der Waals surface area contributed by atoms with Gasteiger partial charge >= 0.3 is 0 Å². The Hall–Kier alpha value is -1.04. The first kappa shape index (κ1) is 18.0. The van der Waals surface area contributed by atoms with Gasteiger partial charge in [-0.3, -0.25) is 16.2 Å². The predicted octanol–water partition coefficient (Wildman–Crippen LogP) is 2.85. The molecule has 2 atom stereocenters. The molecule has 0 aliphatic carbocycles. The summed E-state index contributed by atoms with van der Waals surface area (Å²) in [6.07, 6.45) is 1.30. The Morgan fingerprint density at radius 3 is 2.29 bits per heavy atom. The molecule has 0 fully saturated rings. The number of nitrogens with zero attached hydrogens (tertiary/aromatic N) is 1. The van der Waals surface area contributed by atoms with Crippen molar-refractivity contribution in [3.8, 4) is 0 Å². The number of hydrogen-bond acceptors (Lipinski definition) is 3. The summed E-state index contributed by atoms with van der Waals surface area (Å²) in [5, 5.41) is 0. The van der Waals surface area contributed by atoms with Gasteiger partial charge in [0.2, 0.25) is 0 Å². The van der Waals surface area contributed by atoms with Crippen LogP contribution in [0.2, 0.25) is 0 Å². The largest absolute Gasteiger partial charge is 0.297 e. The first-order chi connectivity index (χ1) is 9.92. The van der Waals surface area contributed by atoms with Gasteiger partial charge in [-0.2, -0.15) is 0 Å². The fourth-order valence-corrected chi connectivity index (χ4v) is 3.00. The highest BCUT2D eigenvalue weighted by Crippen LogP contribution is 2.26. The molecule has 3 N–H and O–H groups in total. The Bertz CT molecular complexity index is 449. The molecule has 1 aromatic carbocycles. The average Bonchev–Trinajstić information content (AvgIpc) is 2.47. The first-order valence-corrected chi connectivity index (χ1v) is 7.57. The smallest absolute Gasteiger partial charge is 0.129 e. The number of nitrogens with one attached hydrogen (secondary N) is 1. The van der Waals surface area contributed by atoms with Gasteiger partial charge in [-0.15, -0.1) is 0 Å². The summed E-state index contributed by atoms with van der Waals surface area (Å²) >= 11 is 0. The number of hydrogen-bond donors (Lipinski definition) is 2. The minimum absolute atomic E-state index is 0.123. The molecular weight excluding hydrogens is 272 g/mol. The van der Waals surface area contributed by atoms with E-state index in [0.717, 1.165) is 25.6 Å². The van der Waals surface area contributed by atoms with E-state index in [1.807, 2.05) is 0 Å². The molecule has 0 saturated heterocycles. The van der Waals surface area contributed by atoms with E-state index in [-0.39, 0.29) is 11.6 Å². The Morgan fingerprint density at radius 1 is 1.24 bits per heavy atom. The van der Waals surface area contributed by atoms with E-state index in [1.165, 1.54) is 12.1 Å². The van der Waals surface area contributed by atoms with Gasteiger partial charge in [-0.1, -0.05) is 26.8 Å². The molecule has 2 unspecified atom stereocenters. The number of likely N-dealkylation sites (N-methyl/N-ethyl adjacent to an activating group) is 1. The van der Waals surface area contributed by atoms with Gasteiger partial charge < -0.3 is 0 Å². The van der Waals surface area contributed by atoms with Crippen LogP contribution in [0.4, 0.5) is 8.78 Å². The number of nitrogens with two attached hydrogens (primary N) is 1. The summed E-state index contributed by atoms with van der Waals surface area (Å²) in [6.45, 7) is 10.2. The Balaban J connectivity index is 3.04. The highest BCUT2D eigenvalue weighted by molar-refractivity contribution is 5.21. The molecule has 21 heavy (non-hydrogen) atoms. The average molecular weight is 299 g/mol. The summed E-state index contributed by atoms with van der Waals surface area (Å²) in [7, 11) is 0.